The molecule has 20 heavy (non-hydrogen) atoms. The average molecular weight is 287 g/mol. The van der Waals surface area contributed by atoms with Crippen LogP contribution < -0.4 is 0 Å². The molecule has 0 saturated heterocycles. The van der Waals surface area contributed by atoms with Gasteiger partial charge in [0.25, 0.3) is 0 Å². The molecule has 2 rings (SSSR count). The topological polar surface area (TPSA) is 29.5 Å². The number of ether oxygens (including phenoxy) is 1. The molecular weight excluding hydrogens is 271 g/mol. The molecule has 0 spiro atoms. The molecule has 0 N–H and O–H groups in total. The van der Waals surface area contributed by atoms with Gasteiger partial charge >= 0.3 is 6.18 Å². The quantitative estimate of drug-likeness (QED) is 0.796. The van der Waals surface area contributed by atoms with E-state index in [-0.39, 0.29) is 18.9 Å². The fourth-order valence-corrected chi connectivity index (χ4v) is 2.21. The van der Waals surface area contributed by atoms with E-state index in [9.17, 15) is 18.0 Å². The standard InChI is InChI=1S/C14H16F3NO2/c15-14(16,17)10-20-8-6-13(19)18-7-5-11-3-1-2-4-12(11)9-18/h1-4H,5-10H2. The lowest BCUT2D eigenvalue weighted by Crippen LogP contribution is -2.36. The fraction of sp³-hybridized carbons (Fsp3) is 0.500. The lowest BCUT2D eigenvalue weighted by Gasteiger charge is -2.29. The summed E-state index contributed by atoms with van der Waals surface area (Å²) in [7, 11) is 0. The van der Waals surface area contributed by atoms with Gasteiger partial charge in [-0.2, -0.15) is 13.2 Å². The predicted octanol–water partition coefficient (Wildman–Crippen LogP) is 2.54. The lowest BCUT2D eigenvalue weighted by molar-refractivity contribution is -0.175. The van der Waals surface area contributed by atoms with Gasteiger partial charge in [0.15, 0.2) is 0 Å². The molecule has 0 unspecified atom stereocenters. The molecule has 0 bridgehead atoms. The van der Waals surface area contributed by atoms with E-state index in [1.807, 2.05) is 24.3 Å². The van der Waals surface area contributed by atoms with E-state index in [4.69, 9.17) is 0 Å². The number of benzene rings is 1. The normalized spacial score (nSPS) is 15.1. The Kier molecular flexibility index (Phi) is 4.65. The van der Waals surface area contributed by atoms with Crippen LogP contribution in [0.2, 0.25) is 0 Å². The van der Waals surface area contributed by atoms with E-state index in [0.29, 0.717) is 13.1 Å². The molecule has 0 fully saturated rings. The summed E-state index contributed by atoms with van der Waals surface area (Å²) in [6.07, 6.45) is -3.57. The molecule has 1 aromatic carbocycles. The third-order valence-electron chi connectivity index (χ3n) is 3.21. The molecule has 1 aromatic rings. The summed E-state index contributed by atoms with van der Waals surface area (Å²) in [5.41, 5.74) is 2.33. The first-order valence-corrected chi connectivity index (χ1v) is 6.45. The summed E-state index contributed by atoms with van der Waals surface area (Å²) in [4.78, 5) is 13.6. The highest BCUT2D eigenvalue weighted by Crippen LogP contribution is 2.19. The van der Waals surface area contributed by atoms with Gasteiger partial charge in [-0.15, -0.1) is 0 Å². The summed E-state index contributed by atoms with van der Waals surface area (Å²) >= 11 is 0. The highest BCUT2D eigenvalue weighted by Gasteiger charge is 2.27. The maximum absolute atomic E-state index is 11.9. The van der Waals surface area contributed by atoms with Crippen LogP contribution in [0.3, 0.4) is 0 Å². The molecule has 110 valence electrons. The third kappa shape index (κ3) is 4.23. The molecule has 3 nitrogen and oxygen atoms in total. The van der Waals surface area contributed by atoms with E-state index in [1.165, 1.54) is 5.56 Å². The molecule has 6 heteroatoms. The fourth-order valence-electron chi connectivity index (χ4n) is 2.21. The van der Waals surface area contributed by atoms with E-state index >= 15 is 0 Å². The predicted molar refractivity (Wildman–Crippen MR) is 67.1 cm³/mol. The van der Waals surface area contributed by atoms with Crippen LogP contribution in [0.1, 0.15) is 17.5 Å². The Bertz CT molecular complexity index is 474. The Labute approximate surface area is 115 Å². The maximum Gasteiger partial charge on any atom is 0.411 e. The van der Waals surface area contributed by atoms with Crippen LogP contribution in [-0.2, 0) is 22.5 Å². The minimum atomic E-state index is -4.34. The van der Waals surface area contributed by atoms with Crippen molar-refractivity contribution in [3.05, 3.63) is 35.4 Å². The van der Waals surface area contributed by atoms with E-state index in [1.54, 1.807) is 4.90 Å². The number of nitrogens with zero attached hydrogens (tertiary/aromatic N) is 1. The Morgan fingerprint density at radius 1 is 1.25 bits per heavy atom. The molecule has 1 aliphatic heterocycles. The van der Waals surface area contributed by atoms with Gasteiger partial charge in [-0.05, 0) is 17.5 Å². The van der Waals surface area contributed by atoms with Gasteiger partial charge in [0.1, 0.15) is 6.61 Å². The Balaban J connectivity index is 1.77. The van der Waals surface area contributed by atoms with Crippen molar-refractivity contribution in [2.24, 2.45) is 0 Å². The largest absolute Gasteiger partial charge is 0.411 e. The molecule has 1 heterocycles. The van der Waals surface area contributed by atoms with Crippen molar-refractivity contribution >= 4 is 5.91 Å². The summed E-state index contributed by atoms with van der Waals surface area (Å²) in [6, 6.07) is 7.87. The summed E-state index contributed by atoms with van der Waals surface area (Å²) in [5, 5.41) is 0. The van der Waals surface area contributed by atoms with Crippen molar-refractivity contribution in [2.45, 2.75) is 25.6 Å². The zero-order chi connectivity index (χ0) is 14.6. The number of carbonyl (C=O) groups excluding carboxylic acids is 1. The van der Waals surface area contributed by atoms with Gasteiger partial charge in [-0.3, -0.25) is 4.79 Å². The van der Waals surface area contributed by atoms with Crippen LogP contribution in [-0.4, -0.2) is 36.7 Å². The number of hydrogen-bond donors (Lipinski definition) is 0. The van der Waals surface area contributed by atoms with E-state index in [0.717, 1.165) is 12.0 Å². The Morgan fingerprint density at radius 3 is 2.65 bits per heavy atom. The first-order chi connectivity index (χ1) is 9.46. The smallest absolute Gasteiger partial charge is 0.372 e. The van der Waals surface area contributed by atoms with Crippen molar-refractivity contribution in [3.63, 3.8) is 0 Å². The molecule has 0 aromatic heterocycles. The van der Waals surface area contributed by atoms with Crippen LogP contribution in [0, 0.1) is 0 Å². The molecule has 0 aliphatic carbocycles. The van der Waals surface area contributed by atoms with Gasteiger partial charge in [-0.25, -0.2) is 0 Å². The third-order valence-corrected chi connectivity index (χ3v) is 3.21. The molecule has 0 radical (unpaired) electrons. The molecule has 0 atom stereocenters. The number of amides is 1. The van der Waals surface area contributed by atoms with Gasteiger partial charge in [-0.1, -0.05) is 24.3 Å². The average Bonchev–Trinajstić information content (AvgIpc) is 2.42. The van der Waals surface area contributed by atoms with Gasteiger partial charge in [0.05, 0.1) is 13.0 Å². The van der Waals surface area contributed by atoms with Crippen LogP contribution in [0.15, 0.2) is 24.3 Å². The number of fused-ring (bicyclic) bond motifs is 1. The minimum Gasteiger partial charge on any atom is -0.372 e. The highest BCUT2D eigenvalue weighted by molar-refractivity contribution is 5.76. The first-order valence-electron chi connectivity index (χ1n) is 6.45. The number of hydrogen-bond acceptors (Lipinski definition) is 2. The molecule has 0 saturated carbocycles. The Hall–Kier alpha value is -1.56. The van der Waals surface area contributed by atoms with Gasteiger partial charge < -0.3 is 9.64 Å². The molecular formula is C14H16F3NO2. The lowest BCUT2D eigenvalue weighted by atomic mass is 10.00. The van der Waals surface area contributed by atoms with Crippen LogP contribution in [0.25, 0.3) is 0 Å². The van der Waals surface area contributed by atoms with Gasteiger partial charge in [0, 0.05) is 13.1 Å². The van der Waals surface area contributed by atoms with Crippen molar-refractivity contribution in [1.29, 1.82) is 0 Å². The second-order valence-corrected chi connectivity index (χ2v) is 4.75. The van der Waals surface area contributed by atoms with Gasteiger partial charge in [0.2, 0.25) is 5.91 Å². The Morgan fingerprint density at radius 2 is 1.95 bits per heavy atom. The van der Waals surface area contributed by atoms with E-state index in [2.05, 4.69) is 4.74 Å². The van der Waals surface area contributed by atoms with Crippen molar-refractivity contribution in [1.82, 2.24) is 4.90 Å². The molecule has 1 amide bonds. The second kappa shape index (κ2) is 6.26. The number of alkyl halides is 3. The zero-order valence-corrected chi connectivity index (χ0v) is 10.9. The first kappa shape index (κ1) is 14.8. The molecule has 1 aliphatic rings. The summed E-state index contributed by atoms with van der Waals surface area (Å²) in [5.74, 6) is -0.165. The van der Waals surface area contributed by atoms with Crippen LogP contribution >= 0.6 is 0 Å². The van der Waals surface area contributed by atoms with Crippen molar-refractivity contribution in [2.75, 3.05) is 19.8 Å². The summed E-state index contributed by atoms with van der Waals surface area (Å²) < 4.78 is 40.1. The number of carbonyl (C=O) groups is 1. The SMILES string of the molecule is O=C(CCOCC(F)(F)F)N1CCc2ccccc2C1. The minimum absolute atomic E-state index is 0.0156. The van der Waals surface area contributed by atoms with Crippen molar-refractivity contribution in [3.8, 4) is 0 Å². The maximum atomic E-state index is 11.9. The van der Waals surface area contributed by atoms with Crippen molar-refractivity contribution < 1.29 is 22.7 Å². The number of halogens is 3. The zero-order valence-electron chi connectivity index (χ0n) is 10.9. The summed E-state index contributed by atoms with van der Waals surface area (Å²) in [6.45, 7) is -0.372. The number of rotatable bonds is 4. The van der Waals surface area contributed by atoms with E-state index < -0.39 is 12.8 Å². The second-order valence-electron chi connectivity index (χ2n) is 4.75. The highest BCUT2D eigenvalue weighted by atomic mass is 19.4. The monoisotopic (exact) mass is 287 g/mol. The van der Waals surface area contributed by atoms with Crippen LogP contribution in [0.5, 0.6) is 0 Å². The van der Waals surface area contributed by atoms with Crippen LogP contribution in [0.4, 0.5) is 13.2 Å².